The van der Waals surface area contributed by atoms with Gasteiger partial charge in [0.1, 0.15) is 11.5 Å². The lowest BCUT2D eigenvalue weighted by Gasteiger charge is -2.33. The Morgan fingerprint density at radius 2 is 1.88 bits per heavy atom. The van der Waals surface area contributed by atoms with E-state index in [1.807, 2.05) is 0 Å². The number of piperidine rings is 1. The van der Waals surface area contributed by atoms with E-state index in [-0.39, 0.29) is 37.2 Å². The molecule has 0 aliphatic carbocycles. The fourth-order valence-electron chi connectivity index (χ4n) is 4.18. The maximum absolute atomic E-state index is 13.7. The molecule has 180 valence electrons. The van der Waals surface area contributed by atoms with E-state index in [2.05, 4.69) is 10.3 Å². The molecule has 1 saturated heterocycles. The summed E-state index contributed by atoms with van der Waals surface area (Å²) >= 11 is 0. The molecule has 3 aromatic rings. The third kappa shape index (κ3) is 4.42. The number of fused-ring (bicyclic) bond motifs is 1. The number of aryl methyl sites for hydroxylation is 1. The predicted molar refractivity (Wildman–Crippen MR) is 121 cm³/mol. The van der Waals surface area contributed by atoms with Gasteiger partial charge >= 0.3 is 5.97 Å². The van der Waals surface area contributed by atoms with Crippen molar-refractivity contribution in [2.45, 2.75) is 45.6 Å². The zero-order valence-corrected chi connectivity index (χ0v) is 18.9. The van der Waals surface area contributed by atoms with Crippen LogP contribution in [0.25, 0.3) is 5.65 Å². The second-order valence-corrected chi connectivity index (χ2v) is 8.58. The highest BCUT2D eigenvalue weighted by atomic mass is 19.3. The Hall–Kier alpha value is -3.63. The lowest BCUT2D eigenvalue weighted by molar-refractivity contribution is -0.0221. The fraction of sp³-hybridized carbons (Fsp3) is 0.391. The average molecular weight is 475 g/mol. The van der Waals surface area contributed by atoms with Crippen molar-refractivity contribution >= 4 is 23.1 Å². The van der Waals surface area contributed by atoms with Crippen molar-refractivity contribution < 1.29 is 23.1 Å². The number of anilines is 2. The highest BCUT2D eigenvalue weighted by molar-refractivity contribution is 5.92. The average Bonchev–Trinajstić information content (AvgIpc) is 2.77. The molecule has 34 heavy (non-hydrogen) atoms. The topological polar surface area (TPSA) is 99.8 Å². The van der Waals surface area contributed by atoms with Crippen LogP contribution in [0.1, 0.15) is 53.0 Å². The van der Waals surface area contributed by atoms with Crippen molar-refractivity contribution in [1.29, 1.82) is 0 Å². The normalized spacial score (nSPS) is 16.5. The first kappa shape index (κ1) is 23.5. The molecule has 0 amide bonds. The Kier molecular flexibility index (Phi) is 5.96. The van der Waals surface area contributed by atoms with E-state index < -0.39 is 29.6 Å². The number of pyridine rings is 2. The Bertz CT molecular complexity index is 1330. The zero-order chi connectivity index (χ0) is 24.8. The van der Waals surface area contributed by atoms with Gasteiger partial charge in [-0.2, -0.15) is 4.39 Å². The number of halogens is 3. The predicted octanol–water partition coefficient (Wildman–Crippen LogP) is 3.95. The van der Waals surface area contributed by atoms with Crippen LogP contribution < -0.4 is 15.8 Å². The summed E-state index contributed by atoms with van der Waals surface area (Å²) in [6.45, 7) is 5.33. The molecule has 2 N–H and O–H groups in total. The minimum absolute atomic E-state index is 0.0780. The first-order chi connectivity index (χ1) is 16.0. The van der Waals surface area contributed by atoms with Crippen LogP contribution in [0.15, 0.2) is 29.2 Å². The number of hydrogen-bond acceptors (Lipinski definition) is 6. The highest BCUT2D eigenvalue weighted by Crippen LogP contribution is 2.32. The number of nitrogens with one attached hydrogen (secondary N) is 1. The first-order valence-electron chi connectivity index (χ1n) is 10.8. The van der Waals surface area contributed by atoms with Gasteiger partial charge in [-0.15, -0.1) is 0 Å². The summed E-state index contributed by atoms with van der Waals surface area (Å²) in [5.41, 5.74) is 1.34. The standard InChI is InChI=1S/C23H24F3N5O3/c1-12-10-15(14(3)27-16-4-5-17(24)28-18(16)22(33)34)20-29-19(13(2)21(32)31(20)11-12)30-8-6-23(25,26)7-9-30/h4-5,10-11,14,27H,6-9H2,1-3H3,(H,33,34). The molecule has 4 heterocycles. The number of hydrogen-bond donors (Lipinski definition) is 2. The van der Waals surface area contributed by atoms with Crippen LogP contribution >= 0.6 is 0 Å². The maximum atomic E-state index is 13.7. The number of rotatable bonds is 5. The molecular weight excluding hydrogens is 451 g/mol. The van der Waals surface area contributed by atoms with Gasteiger partial charge in [0.25, 0.3) is 11.5 Å². The Morgan fingerprint density at radius 1 is 1.21 bits per heavy atom. The molecule has 0 spiro atoms. The summed E-state index contributed by atoms with van der Waals surface area (Å²) < 4.78 is 42.2. The molecule has 1 unspecified atom stereocenters. The molecule has 0 saturated carbocycles. The minimum Gasteiger partial charge on any atom is -0.476 e. The molecule has 0 aromatic carbocycles. The quantitative estimate of drug-likeness (QED) is 0.539. The highest BCUT2D eigenvalue weighted by Gasteiger charge is 2.35. The summed E-state index contributed by atoms with van der Waals surface area (Å²) in [5, 5.41) is 12.4. The molecule has 1 aliphatic heterocycles. The van der Waals surface area contributed by atoms with E-state index >= 15 is 0 Å². The van der Waals surface area contributed by atoms with Crippen LogP contribution in [0.4, 0.5) is 24.7 Å². The van der Waals surface area contributed by atoms with Crippen molar-refractivity contribution in [2.75, 3.05) is 23.3 Å². The number of carboxylic acid groups (broad SMARTS) is 1. The second-order valence-electron chi connectivity index (χ2n) is 8.58. The number of alkyl halides is 2. The van der Waals surface area contributed by atoms with Gasteiger partial charge in [-0.1, -0.05) is 0 Å². The summed E-state index contributed by atoms with van der Waals surface area (Å²) in [6, 6.07) is 3.59. The van der Waals surface area contributed by atoms with Crippen molar-refractivity contribution in [1.82, 2.24) is 14.4 Å². The van der Waals surface area contributed by atoms with Crippen LogP contribution in [0.3, 0.4) is 0 Å². The molecule has 0 bridgehead atoms. The van der Waals surface area contributed by atoms with E-state index in [4.69, 9.17) is 4.98 Å². The Morgan fingerprint density at radius 3 is 2.53 bits per heavy atom. The van der Waals surface area contributed by atoms with E-state index in [9.17, 15) is 27.9 Å². The molecule has 1 atom stereocenters. The molecule has 3 aromatic heterocycles. The summed E-state index contributed by atoms with van der Waals surface area (Å²) in [7, 11) is 0. The molecular formula is C23H24F3N5O3. The molecule has 1 aliphatic rings. The smallest absolute Gasteiger partial charge is 0.356 e. The number of carboxylic acids is 1. The summed E-state index contributed by atoms with van der Waals surface area (Å²) in [5.74, 6) is -4.69. The Balaban J connectivity index is 1.79. The van der Waals surface area contributed by atoms with E-state index in [1.165, 1.54) is 10.5 Å². The van der Waals surface area contributed by atoms with Crippen molar-refractivity contribution in [3.63, 3.8) is 0 Å². The number of nitrogens with zero attached hydrogens (tertiary/aromatic N) is 4. The molecule has 11 heteroatoms. The largest absolute Gasteiger partial charge is 0.476 e. The molecule has 0 radical (unpaired) electrons. The van der Waals surface area contributed by atoms with Crippen molar-refractivity contribution in [2.24, 2.45) is 0 Å². The van der Waals surface area contributed by atoms with Gasteiger partial charge in [-0.25, -0.2) is 23.5 Å². The van der Waals surface area contributed by atoms with Gasteiger partial charge in [0.2, 0.25) is 5.95 Å². The number of carbonyl (C=O) groups is 1. The second kappa shape index (κ2) is 8.62. The summed E-state index contributed by atoms with van der Waals surface area (Å²) in [4.78, 5) is 34.5. The maximum Gasteiger partial charge on any atom is 0.356 e. The minimum atomic E-state index is -2.73. The van der Waals surface area contributed by atoms with Gasteiger partial charge in [0.15, 0.2) is 5.69 Å². The van der Waals surface area contributed by atoms with Gasteiger partial charge < -0.3 is 15.3 Å². The SMILES string of the molecule is Cc1cc(C(C)Nc2ccc(F)nc2C(=O)O)c2nc(N3CCC(F)(F)CC3)c(C)c(=O)n2c1. The van der Waals surface area contributed by atoms with Gasteiger partial charge in [-0.3, -0.25) is 9.20 Å². The molecule has 8 nitrogen and oxygen atoms in total. The van der Waals surface area contributed by atoms with Crippen LogP contribution in [0.2, 0.25) is 0 Å². The van der Waals surface area contributed by atoms with Crippen LogP contribution in [0, 0.1) is 19.8 Å². The third-order valence-corrected chi connectivity index (χ3v) is 5.99. The van der Waals surface area contributed by atoms with Gasteiger partial charge in [-0.05, 0) is 44.5 Å². The molecule has 4 rings (SSSR count). The van der Waals surface area contributed by atoms with Gasteiger partial charge in [0.05, 0.1) is 17.3 Å². The van der Waals surface area contributed by atoms with Crippen LogP contribution in [-0.2, 0) is 0 Å². The fourth-order valence-corrected chi connectivity index (χ4v) is 4.18. The third-order valence-electron chi connectivity index (χ3n) is 5.99. The number of aromatic nitrogens is 3. The van der Waals surface area contributed by atoms with Crippen molar-refractivity contribution in [3.8, 4) is 0 Å². The zero-order valence-electron chi connectivity index (χ0n) is 18.9. The van der Waals surface area contributed by atoms with Gasteiger partial charge in [0, 0.05) is 37.7 Å². The van der Waals surface area contributed by atoms with E-state index in [1.54, 1.807) is 37.9 Å². The lowest BCUT2D eigenvalue weighted by Crippen LogP contribution is -2.41. The van der Waals surface area contributed by atoms with Crippen molar-refractivity contribution in [3.05, 3.63) is 63.1 Å². The van der Waals surface area contributed by atoms with E-state index in [0.717, 1.165) is 11.6 Å². The summed E-state index contributed by atoms with van der Waals surface area (Å²) in [6.07, 6.45) is 1.01. The first-order valence-corrected chi connectivity index (χ1v) is 10.8. The van der Waals surface area contributed by atoms with Crippen LogP contribution in [0.5, 0.6) is 0 Å². The van der Waals surface area contributed by atoms with Crippen LogP contribution in [-0.4, -0.2) is 44.5 Å². The molecule has 1 fully saturated rings. The Labute approximate surface area is 193 Å². The number of aromatic carboxylic acids is 1. The lowest BCUT2D eigenvalue weighted by atomic mass is 10.1. The van der Waals surface area contributed by atoms with E-state index in [0.29, 0.717) is 22.6 Å². The monoisotopic (exact) mass is 475 g/mol.